The molecule has 0 fully saturated rings. The fraction of sp³-hybridized carbons (Fsp3) is 0.250. The Balaban J connectivity index is 0.00000196. The van der Waals surface area contributed by atoms with Gasteiger partial charge in [-0.15, -0.1) is 12.1 Å². The average Bonchev–Trinajstić information content (AvgIpc) is 2.55. The molecule has 15 heavy (non-hydrogen) atoms. The quantitative estimate of drug-likeness (QED) is 0.713. The molecular weight excluding hydrogens is 251 g/mol. The summed E-state index contributed by atoms with van der Waals surface area (Å²) in [6.07, 6.45) is 1.50. The number of hydrogen-bond donors (Lipinski definition) is 0. The Morgan fingerprint density at radius 1 is 1.47 bits per heavy atom. The molecule has 0 aliphatic rings. The van der Waals surface area contributed by atoms with Gasteiger partial charge in [-0.3, -0.25) is 0 Å². The van der Waals surface area contributed by atoms with Crippen LogP contribution in [-0.4, -0.2) is 12.7 Å². The molecule has 78 valence electrons. The van der Waals surface area contributed by atoms with Crippen LogP contribution in [-0.2, 0) is 5.75 Å². The maximum atomic E-state index is 12.0. The molecule has 0 aromatic carbocycles. The second-order valence-corrected chi connectivity index (χ2v) is 3.79. The molecule has 0 N–H and O–H groups in total. The van der Waals surface area contributed by atoms with Gasteiger partial charge < -0.3 is 17.4 Å². The largest absolute Gasteiger partial charge is 1.00 e. The van der Waals surface area contributed by atoms with Gasteiger partial charge in [0.15, 0.2) is 0 Å². The van der Waals surface area contributed by atoms with E-state index in [1.54, 1.807) is 12.1 Å². The van der Waals surface area contributed by atoms with Gasteiger partial charge in [-0.25, -0.2) is 0 Å². The second-order valence-electron chi connectivity index (χ2n) is 2.81. The summed E-state index contributed by atoms with van der Waals surface area (Å²) in [6, 6.07) is 3.44. The van der Waals surface area contributed by atoms with E-state index >= 15 is 0 Å². The van der Waals surface area contributed by atoms with Crippen molar-refractivity contribution in [2.24, 2.45) is 0 Å². The summed E-state index contributed by atoms with van der Waals surface area (Å²) < 4.78 is 41.1. The molecule has 0 unspecified atom stereocenters. The van der Waals surface area contributed by atoms with Crippen molar-refractivity contribution in [1.29, 1.82) is 0 Å². The standard InChI is InChI=1S/C8H9BF3OS.K/c1-7(9(10,11)12)5-14-6-8-3-2-4-13-8;/h2-4H,1,5-6H2;/q-1;+1. The van der Waals surface area contributed by atoms with Crippen LogP contribution in [0.2, 0.25) is 0 Å². The van der Waals surface area contributed by atoms with Gasteiger partial charge in [0, 0.05) is 0 Å². The SMILES string of the molecule is C=C(CSCc1ccco1)[B-](F)(F)F.[K+]. The van der Waals surface area contributed by atoms with Crippen LogP contribution >= 0.6 is 11.8 Å². The Hall–Kier alpha value is 0.861. The number of halogens is 3. The molecule has 0 amide bonds. The summed E-state index contributed by atoms with van der Waals surface area (Å²) >= 11 is 1.15. The molecule has 1 aromatic rings. The molecule has 0 bridgehead atoms. The fourth-order valence-corrected chi connectivity index (χ4v) is 1.69. The Labute approximate surface area is 133 Å². The van der Waals surface area contributed by atoms with Crippen LogP contribution in [0.5, 0.6) is 0 Å². The first-order valence-corrected chi connectivity index (χ1v) is 5.13. The normalized spacial score (nSPS) is 10.9. The molecule has 1 nitrogen and oxygen atoms in total. The van der Waals surface area contributed by atoms with Crippen molar-refractivity contribution < 1.29 is 68.7 Å². The van der Waals surface area contributed by atoms with Crippen LogP contribution in [0.15, 0.2) is 34.9 Å². The first-order chi connectivity index (χ1) is 6.50. The van der Waals surface area contributed by atoms with Crippen LogP contribution in [0.4, 0.5) is 12.9 Å². The van der Waals surface area contributed by atoms with Gasteiger partial charge in [-0.1, -0.05) is 0 Å². The van der Waals surface area contributed by atoms with Crippen molar-refractivity contribution in [1.82, 2.24) is 0 Å². The van der Waals surface area contributed by atoms with Crippen molar-refractivity contribution in [3.63, 3.8) is 0 Å². The molecule has 0 aliphatic carbocycles. The van der Waals surface area contributed by atoms with Crippen molar-refractivity contribution in [2.45, 2.75) is 5.75 Å². The van der Waals surface area contributed by atoms with Crippen LogP contribution in [0.25, 0.3) is 0 Å². The average molecular weight is 260 g/mol. The van der Waals surface area contributed by atoms with E-state index in [2.05, 4.69) is 6.58 Å². The Kier molecular flexibility index (Phi) is 7.65. The van der Waals surface area contributed by atoms with Gasteiger partial charge in [0.25, 0.3) is 0 Å². The van der Waals surface area contributed by atoms with Gasteiger partial charge in [0.05, 0.1) is 12.0 Å². The van der Waals surface area contributed by atoms with E-state index in [1.165, 1.54) is 6.26 Å². The zero-order valence-electron chi connectivity index (χ0n) is 8.38. The topological polar surface area (TPSA) is 13.1 Å². The van der Waals surface area contributed by atoms with Crippen LogP contribution in [0.1, 0.15) is 5.76 Å². The molecular formula is C8H9BF3KOS. The Morgan fingerprint density at radius 2 is 2.13 bits per heavy atom. The van der Waals surface area contributed by atoms with Crippen molar-refractivity contribution >= 4 is 18.7 Å². The van der Waals surface area contributed by atoms with Gasteiger partial charge in [0.2, 0.25) is 0 Å². The van der Waals surface area contributed by atoms with E-state index in [0.717, 1.165) is 11.8 Å². The summed E-state index contributed by atoms with van der Waals surface area (Å²) in [4.78, 5) is 0. The van der Waals surface area contributed by atoms with E-state index in [1.807, 2.05) is 0 Å². The summed E-state index contributed by atoms with van der Waals surface area (Å²) in [6.45, 7) is -1.89. The molecule has 0 atom stereocenters. The van der Waals surface area contributed by atoms with Crippen molar-refractivity contribution in [2.75, 3.05) is 5.75 Å². The van der Waals surface area contributed by atoms with Gasteiger partial charge in [0.1, 0.15) is 5.76 Å². The third-order valence-corrected chi connectivity index (χ3v) is 2.64. The fourth-order valence-electron chi connectivity index (χ4n) is 0.772. The summed E-state index contributed by atoms with van der Waals surface area (Å²) in [5.74, 6) is 1.03. The molecule has 0 radical (unpaired) electrons. The third kappa shape index (κ3) is 6.23. The first-order valence-electron chi connectivity index (χ1n) is 3.98. The minimum Gasteiger partial charge on any atom is -0.468 e. The number of hydrogen-bond acceptors (Lipinski definition) is 2. The molecule has 0 saturated heterocycles. The van der Waals surface area contributed by atoms with Gasteiger partial charge >= 0.3 is 58.4 Å². The van der Waals surface area contributed by atoms with E-state index in [9.17, 15) is 12.9 Å². The molecule has 1 rings (SSSR count). The zero-order chi connectivity index (χ0) is 10.6. The molecule has 0 aliphatic heterocycles. The van der Waals surface area contributed by atoms with Gasteiger partial charge in [-0.05, 0) is 17.9 Å². The Morgan fingerprint density at radius 3 is 2.60 bits per heavy atom. The smallest absolute Gasteiger partial charge is 0.468 e. The van der Waals surface area contributed by atoms with Gasteiger partial charge in [-0.2, -0.15) is 11.8 Å². The van der Waals surface area contributed by atoms with Crippen LogP contribution < -0.4 is 51.4 Å². The maximum Gasteiger partial charge on any atom is 1.00 e. The minimum atomic E-state index is -4.89. The van der Waals surface area contributed by atoms with Crippen LogP contribution in [0.3, 0.4) is 0 Å². The minimum absolute atomic E-state index is 0. The maximum absolute atomic E-state index is 12.0. The van der Waals surface area contributed by atoms with Crippen LogP contribution in [0, 0.1) is 0 Å². The monoisotopic (exact) mass is 260 g/mol. The van der Waals surface area contributed by atoms with E-state index < -0.39 is 12.4 Å². The summed E-state index contributed by atoms with van der Waals surface area (Å²) in [5.41, 5.74) is -0.651. The van der Waals surface area contributed by atoms with E-state index in [-0.39, 0.29) is 57.1 Å². The molecule has 0 saturated carbocycles. The number of furan rings is 1. The number of rotatable bonds is 5. The van der Waals surface area contributed by atoms with E-state index in [0.29, 0.717) is 11.5 Å². The van der Waals surface area contributed by atoms with E-state index in [4.69, 9.17) is 4.42 Å². The Bertz CT molecular complexity index is 299. The molecule has 0 spiro atoms. The number of thioether (sulfide) groups is 1. The summed E-state index contributed by atoms with van der Waals surface area (Å²) in [7, 11) is 0. The summed E-state index contributed by atoms with van der Waals surface area (Å²) in [5, 5.41) is 0. The van der Waals surface area contributed by atoms with Crippen molar-refractivity contribution in [3.05, 3.63) is 36.2 Å². The third-order valence-electron chi connectivity index (χ3n) is 1.57. The first kappa shape index (κ1) is 15.9. The molecule has 1 aromatic heterocycles. The zero-order valence-corrected chi connectivity index (χ0v) is 12.3. The second kappa shape index (κ2) is 7.24. The molecule has 7 heteroatoms. The predicted molar refractivity (Wildman–Crippen MR) is 53.1 cm³/mol. The van der Waals surface area contributed by atoms with Crippen molar-refractivity contribution in [3.8, 4) is 0 Å². The predicted octanol–water partition coefficient (Wildman–Crippen LogP) is 0.460. The molecule has 1 heterocycles.